The first-order valence-corrected chi connectivity index (χ1v) is 6.01. The molecule has 0 bridgehead atoms. The third kappa shape index (κ3) is 4.57. The van der Waals surface area contributed by atoms with Gasteiger partial charge in [0.15, 0.2) is 0 Å². The second kappa shape index (κ2) is 6.18. The summed E-state index contributed by atoms with van der Waals surface area (Å²) in [6, 6.07) is 1.72. The lowest BCUT2D eigenvalue weighted by Gasteiger charge is -2.11. The highest BCUT2D eigenvalue weighted by Crippen LogP contribution is 2.01. The van der Waals surface area contributed by atoms with E-state index in [1.807, 2.05) is 27.7 Å². The Bertz CT molecular complexity index is 465. The predicted octanol–water partition coefficient (Wildman–Crippen LogP) is 0.588. The number of nitrogens with one attached hydrogen (secondary N) is 2. The van der Waals surface area contributed by atoms with E-state index in [0.717, 1.165) is 4.68 Å². The zero-order chi connectivity index (χ0) is 13.7. The highest BCUT2D eigenvalue weighted by molar-refractivity contribution is 5.75. The number of hydrogen-bond acceptors (Lipinski definition) is 4. The first-order chi connectivity index (χ1) is 8.38. The van der Waals surface area contributed by atoms with E-state index in [-0.39, 0.29) is 30.1 Å². The van der Waals surface area contributed by atoms with Crippen LogP contribution >= 0.6 is 0 Å². The minimum absolute atomic E-state index is 0.0510. The number of hydrogen-bond donors (Lipinski definition) is 2. The second-order valence-corrected chi connectivity index (χ2v) is 4.76. The predicted molar refractivity (Wildman–Crippen MR) is 70.5 cm³/mol. The standard InChI is InChI=1S/C12H20N4O2/c1-8(2)14-10-5-12(18)16(13-6-10)7-11(17)15-9(3)4/h5-6,8-9,14H,7H2,1-4H3,(H,15,17). The Morgan fingerprint density at radius 3 is 2.50 bits per heavy atom. The summed E-state index contributed by atoms with van der Waals surface area (Å²) in [5.74, 6) is -0.218. The van der Waals surface area contributed by atoms with Gasteiger partial charge in [-0.1, -0.05) is 0 Å². The lowest BCUT2D eigenvalue weighted by atomic mass is 10.3. The van der Waals surface area contributed by atoms with E-state index >= 15 is 0 Å². The van der Waals surface area contributed by atoms with Crippen molar-refractivity contribution in [2.75, 3.05) is 5.32 Å². The van der Waals surface area contributed by atoms with Gasteiger partial charge in [-0.3, -0.25) is 9.59 Å². The number of aromatic nitrogens is 2. The van der Waals surface area contributed by atoms with Gasteiger partial charge >= 0.3 is 0 Å². The molecule has 6 heteroatoms. The molecule has 0 radical (unpaired) electrons. The molecule has 0 saturated heterocycles. The minimum atomic E-state index is -0.292. The summed E-state index contributed by atoms with van der Waals surface area (Å²) in [5, 5.41) is 9.75. The van der Waals surface area contributed by atoms with Gasteiger partial charge in [-0.15, -0.1) is 0 Å². The van der Waals surface area contributed by atoms with Crippen molar-refractivity contribution in [2.24, 2.45) is 0 Å². The normalized spacial score (nSPS) is 10.8. The van der Waals surface area contributed by atoms with Crippen LogP contribution in [-0.4, -0.2) is 27.8 Å². The Morgan fingerprint density at radius 2 is 2.00 bits per heavy atom. The van der Waals surface area contributed by atoms with Crippen LogP contribution in [0.2, 0.25) is 0 Å². The maximum absolute atomic E-state index is 11.7. The van der Waals surface area contributed by atoms with Crippen molar-refractivity contribution in [3.8, 4) is 0 Å². The molecule has 0 aromatic carbocycles. The highest BCUT2D eigenvalue weighted by atomic mass is 16.2. The lowest BCUT2D eigenvalue weighted by molar-refractivity contribution is -0.122. The zero-order valence-electron chi connectivity index (χ0n) is 11.2. The first kappa shape index (κ1) is 14.2. The average molecular weight is 252 g/mol. The van der Waals surface area contributed by atoms with E-state index in [1.165, 1.54) is 6.07 Å². The van der Waals surface area contributed by atoms with Gasteiger partial charge in [0.2, 0.25) is 5.91 Å². The molecular weight excluding hydrogens is 232 g/mol. The maximum atomic E-state index is 11.7. The van der Waals surface area contributed by atoms with Gasteiger partial charge < -0.3 is 10.6 Å². The number of nitrogens with zero attached hydrogens (tertiary/aromatic N) is 2. The van der Waals surface area contributed by atoms with Crippen LogP contribution in [-0.2, 0) is 11.3 Å². The topological polar surface area (TPSA) is 76.0 Å². The lowest BCUT2D eigenvalue weighted by Crippen LogP contribution is -2.36. The molecule has 1 rings (SSSR count). The van der Waals surface area contributed by atoms with Gasteiger partial charge in [-0.2, -0.15) is 5.10 Å². The van der Waals surface area contributed by atoms with Gasteiger partial charge in [0, 0.05) is 18.2 Å². The summed E-state index contributed by atoms with van der Waals surface area (Å²) in [7, 11) is 0. The molecule has 0 spiro atoms. The highest BCUT2D eigenvalue weighted by Gasteiger charge is 2.07. The first-order valence-electron chi connectivity index (χ1n) is 6.01. The monoisotopic (exact) mass is 252 g/mol. The van der Waals surface area contributed by atoms with Gasteiger partial charge in [0.25, 0.3) is 5.56 Å². The summed E-state index contributed by atoms with van der Waals surface area (Å²) in [6.07, 6.45) is 1.55. The third-order valence-corrected chi connectivity index (χ3v) is 2.07. The fraction of sp³-hybridized carbons (Fsp3) is 0.583. The summed E-state index contributed by atoms with van der Waals surface area (Å²) >= 11 is 0. The van der Waals surface area contributed by atoms with Crippen molar-refractivity contribution >= 4 is 11.6 Å². The third-order valence-electron chi connectivity index (χ3n) is 2.07. The molecular formula is C12H20N4O2. The molecule has 0 atom stereocenters. The van der Waals surface area contributed by atoms with Crippen molar-refractivity contribution < 1.29 is 4.79 Å². The van der Waals surface area contributed by atoms with Crippen LogP contribution in [0.5, 0.6) is 0 Å². The molecule has 100 valence electrons. The van der Waals surface area contributed by atoms with Crippen molar-refractivity contribution in [3.05, 3.63) is 22.6 Å². The molecule has 1 aromatic heterocycles. The van der Waals surface area contributed by atoms with Crippen LogP contribution in [0.1, 0.15) is 27.7 Å². The van der Waals surface area contributed by atoms with Crippen LogP contribution in [0.15, 0.2) is 17.1 Å². The molecule has 1 aromatic rings. The van der Waals surface area contributed by atoms with Crippen molar-refractivity contribution in [1.82, 2.24) is 15.1 Å². The quantitative estimate of drug-likeness (QED) is 0.804. The Hall–Kier alpha value is -1.85. The molecule has 1 heterocycles. The van der Waals surface area contributed by atoms with Crippen LogP contribution < -0.4 is 16.2 Å². The van der Waals surface area contributed by atoms with Crippen LogP contribution in [0.4, 0.5) is 5.69 Å². The second-order valence-electron chi connectivity index (χ2n) is 4.76. The number of amides is 1. The summed E-state index contributed by atoms with van der Waals surface area (Å²) in [5.41, 5.74) is 0.370. The number of rotatable bonds is 5. The van der Waals surface area contributed by atoms with Crippen molar-refractivity contribution in [3.63, 3.8) is 0 Å². The Labute approximate surface area is 106 Å². The SMILES string of the molecule is CC(C)NC(=O)Cn1ncc(NC(C)C)cc1=O. The summed E-state index contributed by atoms with van der Waals surface area (Å²) < 4.78 is 1.14. The molecule has 0 aliphatic rings. The van der Waals surface area contributed by atoms with Crippen molar-refractivity contribution in [2.45, 2.75) is 46.3 Å². The van der Waals surface area contributed by atoms with E-state index in [2.05, 4.69) is 15.7 Å². The smallest absolute Gasteiger partial charge is 0.269 e. The number of carbonyl (C=O) groups is 1. The minimum Gasteiger partial charge on any atom is -0.381 e. The van der Waals surface area contributed by atoms with E-state index in [0.29, 0.717) is 5.69 Å². The molecule has 0 saturated carbocycles. The van der Waals surface area contributed by atoms with Crippen LogP contribution in [0.3, 0.4) is 0 Å². The summed E-state index contributed by atoms with van der Waals surface area (Å²) in [6.45, 7) is 7.62. The Morgan fingerprint density at radius 1 is 1.33 bits per heavy atom. The fourth-order valence-electron chi connectivity index (χ4n) is 1.47. The van der Waals surface area contributed by atoms with Crippen LogP contribution in [0.25, 0.3) is 0 Å². The molecule has 18 heavy (non-hydrogen) atoms. The van der Waals surface area contributed by atoms with E-state index in [4.69, 9.17) is 0 Å². The molecule has 6 nitrogen and oxygen atoms in total. The molecule has 2 N–H and O–H groups in total. The van der Waals surface area contributed by atoms with Gasteiger partial charge in [-0.05, 0) is 27.7 Å². The Balaban J connectivity index is 2.74. The van der Waals surface area contributed by atoms with Gasteiger partial charge in [-0.25, -0.2) is 4.68 Å². The van der Waals surface area contributed by atoms with Crippen molar-refractivity contribution in [1.29, 1.82) is 0 Å². The molecule has 0 fully saturated rings. The summed E-state index contributed by atoms with van der Waals surface area (Å²) in [4.78, 5) is 23.2. The van der Waals surface area contributed by atoms with E-state index < -0.39 is 0 Å². The van der Waals surface area contributed by atoms with E-state index in [9.17, 15) is 9.59 Å². The van der Waals surface area contributed by atoms with Crippen LogP contribution in [0, 0.1) is 0 Å². The zero-order valence-corrected chi connectivity index (χ0v) is 11.2. The molecule has 1 amide bonds. The average Bonchev–Trinajstić information content (AvgIpc) is 2.20. The maximum Gasteiger partial charge on any atom is 0.269 e. The number of carbonyl (C=O) groups excluding carboxylic acids is 1. The fourth-order valence-corrected chi connectivity index (χ4v) is 1.47. The molecule has 0 aliphatic heterocycles. The number of anilines is 1. The van der Waals surface area contributed by atoms with Gasteiger partial charge in [0.05, 0.1) is 11.9 Å². The molecule has 0 aliphatic carbocycles. The van der Waals surface area contributed by atoms with Gasteiger partial charge in [0.1, 0.15) is 6.54 Å². The van der Waals surface area contributed by atoms with E-state index in [1.54, 1.807) is 6.20 Å². The molecule has 0 unspecified atom stereocenters. The largest absolute Gasteiger partial charge is 0.381 e. The Kier molecular flexibility index (Phi) is 4.88.